The van der Waals surface area contributed by atoms with E-state index in [0.717, 1.165) is 26.2 Å². The molecule has 20 heavy (non-hydrogen) atoms. The number of hydrogen-bond acceptors (Lipinski definition) is 3. The Morgan fingerprint density at radius 2 is 1.35 bits per heavy atom. The molecule has 2 saturated heterocycles. The van der Waals surface area contributed by atoms with E-state index in [-0.39, 0.29) is 12.4 Å². The van der Waals surface area contributed by atoms with Crippen molar-refractivity contribution >= 4 is 13.3 Å². The zero-order valence-corrected chi connectivity index (χ0v) is 11.8. The third kappa shape index (κ3) is 9.96. The van der Waals surface area contributed by atoms with Gasteiger partial charge < -0.3 is 34.5 Å². The Balaban J connectivity index is 0.000000526. The van der Waals surface area contributed by atoms with Gasteiger partial charge in [0, 0.05) is 13.1 Å². The van der Waals surface area contributed by atoms with E-state index in [1.165, 1.54) is 25.7 Å². The summed E-state index contributed by atoms with van der Waals surface area (Å²) in [6, 6.07) is 0.411. The number of nitrogens with zero attached hydrogens (tertiary/aromatic N) is 2. The Labute approximate surface area is 121 Å². The topological polar surface area (TPSA) is 55.7 Å². The van der Waals surface area contributed by atoms with Crippen LogP contribution in [-0.4, -0.2) is 49.5 Å². The SMILES string of the molecule is F[B-](F)(F)F.NC(=[NH+]N1CCCC1)ON1CCCC1.[Cl-]. The predicted octanol–water partition coefficient (Wildman–Crippen LogP) is -3.28. The van der Waals surface area contributed by atoms with Gasteiger partial charge in [-0.1, -0.05) is 0 Å². The molecule has 0 bridgehead atoms. The van der Waals surface area contributed by atoms with Crippen molar-refractivity contribution in [1.29, 1.82) is 0 Å². The molecule has 5 nitrogen and oxygen atoms in total. The van der Waals surface area contributed by atoms with E-state index in [9.17, 15) is 17.3 Å². The molecule has 2 heterocycles. The van der Waals surface area contributed by atoms with Crippen molar-refractivity contribution in [2.24, 2.45) is 5.73 Å². The van der Waals surface area contributed by atoms with Gasteiger partial charge in [0.2, 0.25) is 0 Å². The standard InChI is InChI=1S/C9H18N4O.BF4.ClH/c10-9(11-12-5-1-2-6-12)14-13-7-3-4-8-13;2-1(3,4)5;/h1-8H2,(H2,10,11);;1H/q;-1;. The molecule has 0 radical (unpaired) electrons. The van der Waals surface area contributed by atoms with Crippen LogP contribution in [0, 0.1) is 0 Å². The first-order chi connectivity index (χ1) is 8.84. The van der Waals surface area contributed by atoms with E-state index in [4.69, 9.17) is 10.6 Å². The summed E-state index contributed by atoms with van der Waals surface area (Å²) in [5.74, 6) is 0. The van der Waals surface area contributed by atoms with E-state index < -0.39 is 7.25 Å². The average Bonchev–Trinajstić information content (AvgIpc) is 2.87. The summed E-state index contributed by atoms with van der Waals surface area (Å²) in [5, 5.41) is 7.09. The van der Waals surface area contributed by atoms with Crippen LogP contribution in [0.5, 0.6) is 0 Å². The molecule has 0 spiro atoms. The summed E-state index contributed by atoms with van der Waals surface area (Å²) in [5.41, 5.74) is 5.73. The molecule has 0 aliphatic carbocycles. The molecule has 0 saturated carbocycles. The first-order valence-corrected chi connectivity index (χ1v) is 6.29. The Bertz CT molecular complexity index is 290. The summed E-state index contributed by atoms with van der Waals surface area (Å²) in [6.07, 6.45) is 4.89. The van der Waals surface area contributed by atoms with Crippen molar-refractivity contribution in [2.45, 2.75) is 25.7 Å². The average molecular weight is 322 g/mol. The zero-order valence-electron chi connectivity index (χ0n) is 11.0. The molecular weight excluding hydrogens is 302 g/mol. The molecule has 2 fully saturated rings. The van der Waals surface area contributed by atoms with Crippen LogP contribution >= 0.6 is 0 Å². The van der Waals surface area contributed by atoms with Crippen molar-refractivity contribution in [3.8, 4) is 0 Å². The Morgan fingerprint density at radius 3 is 1.80 bits per heavy atom. The molecule has 2 rings (SSSR count). The number of rotatable bonds is 2. The van der Waals surface area contributed by atoms with Gasteiger partial charge in [-0.3, -0.25) is 5.73 Å². The predicted molar refractivity (Wildman–Crippen MR) is 63.0 cm³/mol. The monoisotopic (exact) mass is 321 g/mol. The number of amidine groups is 1. The van der Waals surface area contributed by atoms with E-state index in [0.29, 0.717) is 6.02 Å². The lowest BCUT2D eigenvalue weighted by molar-refractivity contribution is -0.650. The molecule has 11 heteroatoms. The van der Waals surface area contributed by atoms with Crippen LogP contribution in [0.2, 0.25) is 0 Å². The smallest absolute Gasteiger partial charge is 0.673 e. The van der Waals surface area contributed by atoms with E-state index in [2.05, 4.69) is 10.1 Å². The maximum Gasteiger partial charge on any atom is 0.673 e. The highest BCUT2D eigenvalue weighted by Gasteiger charge is 2.20. The maximum atomic E-state index is 9.75. The number of halogens is 5. The molecule has 2 aliphatic rings. The highest BCUT2D eigenvalue weighted by Crippen LogP contribution is 2.07. The van der Waals surface area contributed by atoms with Crippen molar-refractivity contribution in [3.63, 3.8) is 0 Å². The molecule has 0 unspecified atom stereocenters. The van der Waals surface area contributed by atoms with Gasteiger partial charge in [0.05, 0.1) is 13.1 Å². The second-order valence-corrected chi connectivity index (χ2v) is 4.39. The van der Waals surface area contributed by atoms with Gasteiger partial charge >= 0.3 is 13.3 Å². The summed E-state index contributed by atoms with van der Waals surface area (Å²) in [7, 11) is -6.00. The van der Waals surface area contributed by atoms with E-state index in [1.54, 1.807) is 0 Å². The van der Waals surface area contributed by atoms with Gasteiger partial charge in [0.15, 0.2) is 0 Å². The minimum atomic E-state index is -6.00. The van der Waals surface area contributed by atoms with Crippen molar-refractivity contribution in [1.82, 2.24) is 10.1 Å². The zero-order chi connectivity index (χ0) is 14.3. The Morgan fingerprint density at radius 1 is 0.950 bits per heavy atom. The largest absolute Gasteiger partial charge is 1.00 e. The minimum absolute atomic E-state index is 0. The van der Waals surface area contributed by atoms with Gasteiger partial charge in [-0.15, -0.1) is 10.2 Å². The van der Waals surface area contributed by atoms with Gasteiger partial charge in [-0.05, 0) is 25.7 Å². The molecule has 0 aromatic heterocycles. The summed E-state index contributed by atoms with van der Waals surface area (Å²) >= 11 is 0. The molecule has 3 N–H and O–H groups in total. The minimum Gasteiger partial charge on any atom is -1.00 e. The highest BCUT2D eigenvalue weighted by molar-refractivity contribution is 6.50. The Kier molecular flexibility index (Phi) is 8.71. The molecular formula is C9H19BClF4N4O-. The van der Waals surface area contributed by atoms with Crippen LogP contribution in [0.25, 0.3) is 0 Å². The lowest BCUT2D eigenvalue weighted by Crippen LogP contribution is -3.00. The molecule has 0 amide bonds. The fraction of sp³-hybridized carbons (Fsp3) is 0.889. The van der Waals surface area contributed by atoms with E-state index >= 15 is 0 Å². The van der Waals surface area contributed by atoms with Crippen LogP contribution in [-0.2, 0) is 4.84 Å². The summed E-state index contributed by atoms with van der Waals surface area (Å²) in [4.78, 5) is 5.45. The van der Waals surface area contributed by atoms with Crippen LogP contribution in [0.15, 0.2) is 0 Å². The first-order valence-electron chi connectivity index (χ1n) is 6.29. The normalized spacial score (nSPS) is 20.2. The van der Waals surface area contributed by atoms with Crippen LogP contribution in [0.3, 0.4) is 0 Å². The number of hydroxylamine groups is 2. The van der Waals surface area contributed by atoms with Crippen LogP contribution < -0.4 is 23.2 Å². The summed E-state index contributed by atoms with van der Waals surface area (Å²) < 4.78 is 39.0. The second-order valence-electron chi connectivity index (χ2n) is 4.39. The summed E-state index contributed by atoms with van der Waals surface area (Å²) in [6.45, 7) is 4.10. The Hall–Kier alpha value is -0.895. The third-order valence-electron chi connectivity index (χ3n) is 2.67. The van der Waals surface area contributed by atoms with Gasteiger partial charge in [0.25, 0.3) is 0 Å². The van der Waals surface area contributed by atoms with E-state index in [1.807, 2.05) is 5.06 Å². The van der Waals surface area contributed by atoms with Crippen molar-refractivity contribution in [3.05, 3.63) is 0 Å². The van der Waals surface area contributed by atoms with Gasteiger partial charge in [0.1, 0.15) is 0 Å². The number of nitrogens with two attached hydrogens (primary N) is 1. The van der Waals surface area contributed by atoms with Gasteiger partial charge in [-0.25, -0.2) is 5.01 Å². The first kappa shape index (κ1) is 19.1. The highest BCUT2D eigenvalue weighted by atomic mass is 35.5. The fourth-order valence-electron chi connectivity index (χ4n) is 1.92. The second kappa shape index (κ2) is 9.12. The number of nitrogens with one attached hydrogen (secondary N) is 1. The molecule has 0 aromatic rings. The van der Waals surface area contributed by atoms with Crippen LogP contribution in [0.4, 0.5) is 17.3 Å². The molecule has 0 aromatic carbocycles. The maximum absolute atomic E-state index is 9.75. The third-order valence-corrected chi connectivity index (χ3v) is 2.67. The molecule has 2 aliphatic heterocycles. The van der Waals surface area contributed by atoms with Crippen molar-refractivity contribution < 1.29 is 39.6 Å². The quantitative estimate of drug-likeness (QED) is 0.242. The lowest BCUT2D eigenvalue weighted by Gasteiger charge is -2.13. The molecule has 120 valence electrons. The lowest BCUT2D eigenvalue weighted by atomic mass is 10.3. The number of hydrazone groups is 1. The fourth-order valence-corrected chi connectivity index (χ4v) is 1.92. The van der Waals surface area contributed by atoms with Gasteiger partial charge in [-0.2, -0.15) is 0 Å². The van der Waals surface area contributed by atoms with Crippen molar-refractivity contribution in [2.75, 3.05) is 26.2 Å². The number of hydrogen-bond donors (Lipinski definition) is 2. The van der Waals surface area contributed by atoms with Crippen LogP contribution in [0.1, 0.15) is 25.7 Å². The molecule has 0 atom stereocenters. The number of hydrazine groups is 1.